The highest BCUT2D eigenvalue weighted by atomic mass is 32.2. The Kier molecular flexibility index (Phi) is 4.38. The van der Waals surface area contributed by atoms with E-state index in [0.29, 0.717) is 11.1 Å². The number of amides is 3. The lowest BCUT2D eigenvalue weighted by Crippen LogP contribution is -2.47. The van der Waals surface area contributed by atoms with Crippen molar-refractivity contribution in [3.8, 4) is 0 Å². The van der Waals surface area contributed by atoms with Crippen LogP contribution in [0.15, 0.2) is 41.3 Å². The highest BCUT2D eigenvalue weighted by Gasteiger charge is 2.36. The van der Waals surface area contributed by atoms with Crippen molar-refractivity contribution >= 4 is 38.4 Å². The normalized spacial score (nSPS) is 15.8. The maximum absolute atomic E-state index is 12.8. The predicted molar refractivity (Wildman–Crippen MR) is 94.9 cm³/mol. The van der Waals surface area contributed by atoms with Gasteiger partial charge in [-0.05, 0) is 30.9 Å². The van der Waals surface area contributed by atoms with E-state index in [9.17, 15) is 18.0 Å². The van der Waals surface area contributed by atoms with E-state index in [1.807, 2.05) is 26.0 Å². The number of rotatable bonds is 4. The lowest BCUT2D eigenvalue weighted by atomic mass is 10.1. The van der Waals surface area contributed by atoms with Crippen molar-refractivity contribution in [2.24, 2.45) is 0 Å². The highest BCUT2D eigenvalue weighted by Crippen LogP contribution is 2.41. The van der Waals surface area contributed by atoms with Crippen LogP contribution in [0.5, 0.6) is 0 Å². The molecule has 0 saturated carbocycles. The predicted octanol–water partition coefficient (Wildman–Crippen LogP) is 1.97. The first kappa shape index (κ1) is 17.2. The van der Waals surface area contributed by atoms with Gasteiger partial charge in [0.05, 0.1) is 10.6 Å². The fourth-order valence-corrected chi connectivity index (χ4v) is 4.45. The molecule has 1 aliphatic rings. The number of urea groups is 1. The molecule has 0 spiro atoms. The van der Waals surface area contributed by atoms with Crippen LogP contribution in [0.2, 0.25) is 0 Å². The van der Waals surface area contributed by atoms with Crippen LogP contribution in [0.3, 0.4) is 0 Å². The zero-order chi connectivity index (χ0) is 18.2. The van der Waals surface area contributed by atoms with Crippen LogP contribution in [0.25, 0.3) is 10.8 Å². The van der Waals surface area contributed by atoms with Crippen LogP contribution in [-0.4, -0.2) is 32.9 Å². The monoisotopic (exact) mass is 361 g/mol. The number of nitrogens with zero attached hydrogens (tertiary/aromatic N) is 1. The van der Waals surface area contributed by atoms with Crippen LogP contribution in [0.1, 0.15) is 20.3 Å². The van der Waals surface area contributed by atoms with Gasteiger partial charge in [-0.25, -0.2) is 13.2 Å². The molecule has 0 fully saturated rings. The molecule has 2 aromatic carbocycles. The second kappa shape index (κ2) is 6.36. The molecule has 8 heteroatoms. The molecular formula is C17H19N3O4S. The van der Waals surface area contributed by atoms with Crippen molar-refractivity contribution in [3.05, 3.63) is 36.4 Å². The lowest BCUT2D eigenvalue weighted by molar-refractivity contribution is -0.118. The summed E-state index contributed by atoms with van der Waals surface area (Å²) in [5, 5.41) is 6.16. The molecule has 0 aromatic heterocycles. The second-order valence-electron chi connectivity index (χ2n) is 5.97. The van der Waals surface area contributed by atoms with E-state index in [2.05, 4.69) is 10.6 Å². The number of sulfonamides is 1. The first-order valence-corrected chi connectivity index (χ1v) is 9.43. The van der Waals surface area contributed by atoms with Gasteiger partial charge in [0.15, 0.2) is 0 Å². The molecule has 1 atom stereocenters. The Morgan fingerprint density at radius 3 is 2.52 bits per heavy atom. The van der Waals surface area contributed by atoms with E-state index >= 15 is 0 Å². The Bertz CT molecular complexity index is 950. The fourth-order valence-electron chi connectivity index (χ4n) is 2.79. The molecule has 0 radical (unpaired) electrons. The van der Waals surface area contributed by atoms with E-state index in [1.54, 1.807) is 18.2 Å². The van der Waals surface area contributed by atoms with Gasteiger partial charge in [-0.1, -0.05) is 31.2 Å². The van der Waals surface area contributed by atoms with Crippen molar-refractivity contribution in [1.82, 2.24) is 10.6 Å². The molecule has 0 bridgehead atoms. The summed E-state index contributed by atoms with van der Waals surface area (Å²) in [7, 11) is -3.82. The average molecular weight is 361 g/mol. The highest BCUT2D eigenvalue weighted by molar-refractivity contribution is 7.93. The number of carbonyl (C=O) groups is 2. The summed E-state index contributed by atoms with van der Waals surface area (Å²) in [6.45, 7) is 3.26. The van der Waals surface area contributed by atoms with E-state index in [4.69, 9.17) is 0 Å². The fraction of sp³-hybridized carbons (Fsp3) is 0.294. The minimum atomic E-state index is -3.82. The molecule has 7 nitrogen and oxygen atoms in total. The van der Waals surface area contributed by atoms with Gasteiger partial charge >= 0.3 is 6.03 Å². The molecule has 0 saturated heterocycles. The third-order valence-electron chi connectivity index (χ3n) is 4.21. The Labute approximate surface area is 146 Å². The van der Waals surface area contributed by atoms with Gasteiger partial charge in [-0.15, -0.1) is 0 Å². The van der Waals surface area contributed by atoms with Gasteiger partial charge in [0, 0.05) is 11.4 Å². The van der Waals surface area contributed by atoms with E-state index in [0.717, 1.165) is 16.1 Å². The first-order chi connectivity index (χ1) is 11.8. The van der Waals surface area contributed by atoms with Crippen molar-refractivity contribution in [2.45, 2.75) is 31.2 Å². The lowest BCUT2D eigenvalue weighted by Gasteiger charge is -2.18. The van der Waals surface area contributed by atoms with Crippen LogP contribution in [-0.2, 0) is 14.8 Å². The van der Waals surface area contributed by atoms with Gasteiger partial charge in [-0.3, -0.25) is 14.4 Å². The number of carbonyl (C=O) groups excluding carboxylic acids is 2. The molecule has 0 unspecified atom stereocenters. The Balaban J connectivity index is 1.84. The SMILES string of the molecule is CC[C@@H](C)NC(=O)NC(=O)CN1c2cccc3cccc(c23)S1(=O)=O. The van der Waals surface area contributed by atoms with Crippen LogP contribution in [0.4, 0.5) is 10.5 Å². The molecule has 2 N–H and O–H groups in total. The first-order valence-electron chi connectivity index (χ1n) is 7.99. The summed E-state index contributed by atoms with van der Waals surface area (Å²) in [6, 6.07) is 9.51. The number of anilines is 1. The molecule has 1 aliphatic heterocycles. The summed E-state index contributed by atoms with van der Waals surface area (Å²) in [5.41, 5.74) is 0.450. The topological polar surface area (TPSA) is 95.6 Å². The average Bonchev–Trinajstić information content (AvgIpc) is 2.78. The number of nitrogens with one attached hydrogen (secondary N) is 2. The van der Waals surface area contributed by atoms with Gasteiger partial charge in [0.25, 0.3) is 10.0 Å². The summed E-state index contributed by atoms with van der Waals surface area (Å²) < 4.78 is 26.5. The van der Waals surface area contributed by atoms with Crippen molar-refractivity contribution < 1.29 is 18.0 Å². The zero-order valence-electron chi connectivity index (χ0n) is 13.9. The van der Waals surface area contributed by atoms with Crippen molar-refractivity contribution in [3.63, 3.8) is 0 Å². The number of imide groups is 1. The number of hydrogen-bond acceptors (Lipinski definition) is 4. The third-order valence-corrected chi connectivity index (χ3v) is 6.01. The van der Waals surface area contributed by atoms with Crippen molar-refractivity contribution in [1.29, 1.82) is 0 Å². The second-order valence-corrected chi connectivity index (χ2v) is 7.80. The largest absolute Gasteiger partial charge is 0.335 e. The molecule has 2 aromatic rings. The number of hydrogen-bond donors (Lipinski definition) is 2. The Morgan fingerprint density at radius 1 is 1.16 bits per heavy atom. The summed E-state index contributed by atoms with van der Waals surface area (Å²) >= 11 is 0. The summed E-state index contributed by atoms with van der Waals surface area (Å²) in [5.74, 6) is -0.686. The van der Waals surface area contributed by atoms with Crippen LogP contribution < -0.4 is 14.9 Å². The smallest absolute Gasteiger partial charge is 0.321 e. The standard InChI is InChI=1S/C17H19N3O4S/c1-3-11(2)18-17(22)19-15(21)10-20-13-8-4-6-12-7-5-9-14(16(12)13)25(20,23)24/h4-9,11H,3,10H2,1-2H3,(H2,18,19,21,22)/t11-/m1/s1. The van der Waals surface area contributed by atoms with Gasteiger partial charge in [0.1, 0.15) is 6.54 Å². The van der Waals surface area contributed by atoms with Crippen LogP contribution >= 0.6 is 0 Å². The molecule has 3 amide bonds. The summed E-state index contributed by atoms with van der Waals surface area (Å²) in [6.07, 6.45) is 0.722. The van der Waals surface area contributed by atoms with Crippen LogP contribution in [0, 0.1) is 0 Å². The van der Waals surface area contributed by atoms with E-state index in [1.165, 1.54) is 6.07 Å². The van der Waals surface area contributed by atoms with Crippen molar-refractivity contribution in [2.75, 3.05) is 10.8 Å². The Hall–Kier alpha value is -2.61. The summed E-state index contributed by atoms with van der Waals surface area (Å²) in [4.78, 5) is 24.1. The maximum atomic E-state index is 12.8. The minimum absolute atomic E-state index is 0.0821. The maximum Gasteiger partial charge on any atom is 0.321 e. The quantitative estimate of drug-likeness (QED) is 0.870. The molecule has 0 aliphatic carbocycles. The Morgan fingerprint density at radius 2 is 1.84 bits per heavy atom. The molecule has 1 heterocycles. The third kappa shape index (κ3) is 3.05. The van der Waals surface area contributed by atoms with Gasteiger partial charge < -0.3 is 5.32 Å². The molecule has 3 rings (SSSR count). The van der Waals surface area contributed by atoms with E-state index in [-0.39, 0.29) is 10.9 Å². The zero-order valence-corrected chi connectivity index (χ0v) is 14.8. The molecule has 25 heavy (non-hydrogen) atoms. The number of benzene rings is 2. The molecular weight excluding hydrogens is 342 g/mol. The van der Waals surface area contributed by atoms with E-state index < -0.39 is 28.5 Å². The van der Waals surface area contributed by atoms with Gasteiger partial charge in [0.2, 0.25) is 5.91 Å². The van der Waals surface area contributed by atoms with Gasteiger partial charge in [-0.2, -0.15) is 0 Å². The minimum Gasteiger partial charge on any atom is -0.335 e. The molecule has 132 valence electrons.